The van der Waals surface area contributed by atoms with Gasteiger partial charge in [-0.3, -0.25) is 10.1 Å². The fourth-order valence-electron chi connectivity index (χ4n) is 0.889. The van der Waals surface area contributed by atoms with Gasteiger partial charge in [-0.1, -0.05) is 11.6 Å². The van der Waals surface area contributed by atoms with Gasteiger partial charge in [-0.2, -0.15) is 0 Å². The number of halogens is 1. The molecule has 0 saturated carbocycles. The van der Waals surface area contributed by atoms with E-state index in [4.69, 9.17) is 16.3 Å². The Balaban J connectivity index is 2.62. The molecule has 0 aliphatic carbocycles. The van der Waals surface area contributed by atoms with E-state index in [2.05, 4.69) is 4.74 Å². The molecule has 1 atom stereocenters. The number of ether oxygens (including phenoxy) is 2. The Morgan fingerprint density at radius 2 is 2.00 bits per heavy atom. The van der Waals surface area contributed by atoms with Crippen molar-refractivity contribution in [2.24, 2.45) is 0 Å². The Kier molecular flexibility index (Phi) is 4.07. The molecule has 16 heavy (non-hydrogen) atoms. The Hall–Kier alpha value is -1.82. The quantitative estimate of drug-likeness (QED) is 0.269. The van der Waals surface area contributed by atoms with Crippen molar-refractivity contribution in [1.82, 2.24) is 0 Å². The van der Waals surface area contributed by atoms with Crippen LogP contribution in [0.1, 0.15) is 6.92 Å². The van der Waals surface area contributed by atoms with E-state index in [1.807, 2.05) is 0 Å². The number of rotatable bonds is 3. The first-order chi connectivity index (χ1) is 7.49. The zero-order valence-electron chi connectivity index (χ0n) is 8.25. The summed E-state index contributed by atoms with van der Waals surface area (Å²) >= 11 is 5.39. The van der Waals surface area contributed by atoms with Gasteiger partial charge >= 0.3 is 6.16 Å². The van der Waals surface area contributed by atoms with Gasteiger partial charge in [0.25, 0.3) is 5.69 Å². The number of hydrogen-bond donors (Lipinski definition) is 0. The standard InChI is InChI=1S/C9H8ClNO5/c1-6(10)15-9(12)16-8-4-2-7(3-5-8)11(13)14/h2-6H,1H3/t6-/m0/s1. The smallest absolute Gasteiger partial charge is 0.415 e. The van der Waals surface area contributed by atoms with Gasteiger partial charge in [0.05, 0.1) is 4.92 Å². The third-order valence-corrected chi connectivity index (χ3v) is 1.60. The molecule has 1 aromatic rings. The van der Waals surface area contributed by atoms with Crippen molar-refractivity contribution in [3.63, 3.8) is 0 Å². The summed E-state index contributed by atoms with van der Waals surface area (Å²) in [6, 6.07) is 5.01. The average Bonchev–Trinajstić information content (AvgIpc) is 2.16. The van der Waals surface area contributed by atoms with Gasteiger partial charge in [-0.25, -0.2) is 4.79 Å². The molecular weight excluding hydrogens is 238 g/mol. The SMILES string of the molecule is C[C@@H](Cl)OC(=O)Oc1ccc([N+](=O)[O-])cc1. The van der Waals surface area contributed by atoms with Crippen molar-refractivity contribution in [2.75, 3.05) is 0 Å². The number of nitro groups is 1. The van der Waals surface area contributed by atoms with Crippen molar-refractivity contribution in [1.29, 1.82) is 0 Å². The summed E-state index contributed by atoms with van der Waals surface area (Å²) in [5, 5.41) is 10.3. The second-order valence-corrected chi connectivity index (χ2v) is 3.38. The van der Waals surface area contributed by atoms with E-state index in [0.29, 0.717) is 0 Å². The highest BCUT2D eigenvalue weighted by molar-refractivity contribution is 6.19. The maximum Gasteiger partial charge on any atom is 0.515 e. The molecule has 1 aromatic carbocycles. The third kappa shape index (κ3) is 3.74. The van der Waals surface area contributed by atoms with Crippen molar-refractivity contribution in [3.05, 3.63) is 34.4 Å². The van der Waals surface area contributed by atoms with E-state index in [-0.39, 0.29) is 11.4 Å². The molecule has 0 unspecified atom stereocenters. The van der Waals surface area contributed by atoms with E-state index in [0.717, 1.165) is 0 Å². The molecular formula is C9H8ClNO5. The molecule has 0 aliphatic rings. The monoisotopic (exact) mass is 245 g/mol. The van der Waals surface area contributed by atoms with Crippen molar-refractivity contribution in [3.8, 4) is 5.75 Å². The Morgan fingerprint density at radius 3 is 2.44 bits per heavy atom. The Bertz CT molecular complexity index is 389. The van der Waals surface area contributed by atoms with E-state index in [9.17, 15) is 14.9 Å². The minimum Gasteiger partial charge on any atom is -0.415 e. The van der Waals surface area contributed by atoms with Gasteiger partial charge in [0.1, 0.15) is 5.75 Å². The predicted octanol–water partition coefficient (Wildman–Crippen LogP) is 2.70. The van der Waals surface area contributed by atoms with Crippen LogP contribution in [0.4, 0.5) is 10.5 Å². The highest BCUT2D eigenvalue weighted by Crippen LogP contribution is 2.17. The minimum absolute atomic E-state index is 0.0913. The molecule has 0 N–H and O–H groups in total. The Morgan fingerprint density at radius 1 is 1.44 bits per heavy atom. The van der Waals surface area contributed by atoms with E-state index >= 15 is 0 Å². The fraction of sp³-hybridized carbons (Fsp3) is 0.222. The highest BCUT2D eigenvalue weighted by Gasteiger charge is 2.10. The predicted molar refractivity (Wildman–Crippen MR) is 55.5 cm³/mol. The molecule has 0 bridgehead atoms. The number of nitrogens with zero attached hydrogens (tertiary/aromatic N) is 1. The number of non-ortho nitro benzene ring substituents is 1. The van der Waals surface area contributed by atoms with Crippen LogP contribution in [-0.2, 0) is 4.74 Å². The number of carbonyl (C=O) groups excluding carboxylic acids is 1. The average molecular weight is 246 g/mol. The van der Waals surface area contributed by atoms with Gasteiger partial charge in [-0.15, -0.1) is 0 Å². The molecule has 0 saturated heterocycles. The summed E-state index contributed by atoms with van der Waals surface area (Å²) in [7, 11) is 0. The zero-order chi connectivity index (χ0) is 12.1. The summed E-state index contributed by atoms with van der Waals surface area (Å²) in [5.41, 5.74) is -0.892. The second-order valence-electron chi connectivity index (χ2n) is 2.76. The lowest BCUT2D eigenvalue weighted by Crippen LogP contribution is -2.14. The Labute approximate surface area is 95.9 Å². The highest BCUT2D eigenvalue weighted by atomic mass is 35.5. The molecule has 1 rings (SSSR count). The number of benzene rings is 1. The minimum atomic E-state index is -0.962. The summed E-state index contributed by atoms with van der Waals surface area (Å²) in [4.78, 5) is 20.8. The lowest BCUT2D eigenvalue weighted by atomic mass is 10.3. The van der Waals surface area contributed by atoms with Crippen LogP contribution in [0.2, 0.25) is 0 Å². The van der Waals surface area contributed by atoms with Crippen LogP contribution < -0.4 is 4.74 Å². The molecule has 0 fully saturated rings. The lowest BCUT2D eigenvalue weighted by Gasteiger charge is -2.06. The summed E-state index contributed by atoms with van der Waals surface area (Å²) in [6.07, 6.45) is -0.962. The van der Waals surface area contributed by atoms with Gasteiger partial charge < -0.3 is 9.47 Å². The van der Waals surface area contributed by atoms with Crippen LogP contribution in [0, 0.1) is 10.1 Å². The maximum atomic E-state index is 11.0. The molecule has 0 amide bonds. The van der Waals surface area contributed by atoms with Crippen LogP contribution in [0.3, 0.4) is 0 Å². The summed E-state index contributed by atoms with van der Waals surface area (Å²) in [5.74, 6) is 0.146. The van der Waals surface area contributed by atoms with Crippen LogP contribution in [0.15, 0.2) is 24.3 Å². The molecule has 86 valence electrons. The molecule has 7 heteroatoms. The molecule has 0 aliphatic heterocycles. The summed E-state index contributed by atoms with van der Waals surface area (Å²) < 4.78 is 9.19. The van der Waals surface area contributed by atoms with Crippen molar-refractivity contribution >= 4 is 23.4 Å². The molecule has 0 radical (unpaired) electrons. The third-order valence-electron chi connectivity index (χ3n) is 1.51. The molecule has 0 spiro atoms. The number of alkyl halides is 1. The normalized spacial score (nSPS) is 11.6. The first-order valence-corrected chi connectivity index (χ1v) is 4.69. The number of hydrogen-bond acceptors (Lipinski definition) is 5. The molecule has 0 heterocycles. The van der Waals surface area contributed by atoms with E-state index in [1.54, 1.807) is 0 Å². The van der Waals surface area contributed by atoms with Crippen LogP contribution >= 0.6 is 11.6 Å². The number of carbonyl (C=O) groups is 1. The largest absolute Gasteiger partial charge is 0.515 e. The number of nitro benzene ring substituents is 1. The van der Waals surface area contributed by atoms with Crippen molar-refractivity contribution < 1.29 is 19.2 Å². The first-order valence-electron chi connectivity index (χ1n) is 4.26. The van der Waals surface area contributed by atoms with Crippen LogP contribution in [-0.4, -0.2) is 16.6 Å². The molecule has 0 aromatic heterocycles. The van der Waals surface area contributed by atoms with Crippen LogP contribution in [0.25, 0.3) is 0 Å². The topological polar surface area (TPSA) is 78.7 Å². The summed E-state index contributed by atoms with van der Waals surface area (Å²) in [6.45, 7) is 1.46. The lowest BCUT2D eigenvalue weighted by molar-refractivity contribution is -0.384. The maximum absolute atomic E-state index is 11.0. The van der Waals surface area contributed by atoms with Gasteiger partial charge in [0, 0.05) is 12.1 Å². The zero-order valence-corrected chi connectivity index (χ0v) is 9.01. The fourth-order valence-corrected chi connectivity index (χ4v) is 0.962. The van der Waals surface area contributed by atoms with E-state index in [1.165, 1.54) is 31.2 Å². The van der Waals surface area contributed by atoms with Crippen LogP contribution in [0.5, 0.6) is 5.75 Å². The van der Waals surface area contributed by atoms with E-state index < -0.39 is 16.6 Å². The molecule has 6 nitrogen and oxygen atoms in total. The van der Waals surface area contributed by atoms with Gasteiger partial charge in [0.2, 0.25) is 0 Å². The second kappa shape index (κ2) is 5.32. The first kappa shape index (κ1) is 12.3. The van der Waals surface area contributed by atoms with Gasteiger partial charge in [-0.05, 0) is 19.1 Å². The van der Waals surface area contributed by atoms with Gasteiger partial charge in [0.15, 0.2) is 5.56 Å². The van der Waals surface area contributed by atoms with Crippen molar-refractivity contribution in [2.45, 2.75) is 12.5 Å².